The van der Waals surface area contributed by atoms with E-state index >= 15 is 0 Å². The molecule has 2 atom stereocenters. The van der Waals surface area contributed by atoms with E-state index in [-0.39, 0.29) is 35.9 Å². The van der Waals surface area contributed by atoms with Crippen molar-refractivity contribution >= 4 is 23.4 Å². The van der Waals surface area contributed by atoms with Gasteiger partial charge in [-0.1, -0.05) is 30.8 Å². The molecule has 2 fully saturated rings. The highest BCUT2D eigenvalue weighted by Gasteiger charge is 2.48. The lowest BCUT2D eigenvalue weighted by Crippen LogP contribution is -2.52. The number of fused-ring (bicyclic) bond motifs is 1. The molecule has 0 radical (unpaired) electrons. The van der Waals surface area contributed by atoms with Gasteiger partial charge in [0, 0.05) is 13.0 Å². The average molecular weight is 524 g/mol. The van der Waals surface area contributed by atoms with Crippen LogP contribution in [-0.2, 0) is 20.7 Å². The van der Waals surface area contributed by atoms with Crippen molar-refractivity contribution in [2.24, 2.45) is 11.3 Å². The normalized spacial score (nSPS) is 21.5. The summed E-state index contributed by atoms with van der Waals surface area (Å²) in [6.07, 6.45) is 9.50. The van der Waals surface area contributed by atoms with E-state index in [1.165, 1.54) is 20.0 Å². The van der Waals surface area contributed by atoms with E-state index in [0.717, 1.165) is 25.7 Å². The van der Waals surface area contributed by atoms with Gasteiger partial charge in [-0.2, -0.15) is 5.10 Å². The first kappa shape index (κ1) is 25.8. The molecule has 1 saturated heterocycles. The maximum Gasteiger partial charge on any atom is 0.321 e. The summed E-state index contributed by atoms with van der Waals surface area (Å²) in [7, 11) is 1.29. The number of nitrogens with zero attached hydrogens (tertiary/aromatic N) is 5. The lowest BCUT2D eigenvalue weighted by molar-refractivity contribution is -0.161. The van der Waals surface area contributed by atoms with Crippen molar-refractivity contribution in [3.63, 3.8) is 0 Å². The van der Waals surface area contributed by atoms with Gasteiger partial charge in [-0.3, -0.25) is 14.4 Å². The van der Waals surface area contributed by atoms with Crippen LogP contribution >= 0.6 is 0 Å². The zero-order chi connectivity index (χ0) is 26.7. The molecule has 4 heterocycles. The zero-order valence-corrected chi connectivity index (χ0v) is 21.7. The first-order chi connectivity index (χ1) is 18.4. The average Bonchev–Trinajstić information content (AvgIpc) is 3.44. The number of aryl methyl sites for hydroxylation is 1. The van der Waals surface area contributed by atoms with Crippen LogP contribution in [0.3, 0.4) is 0 Å². The van der Waals surface area contributed by atoms with E-state index in [2.05, 4.69) is 20.9 Å². The summed E-state index contributed by atoms with van der Waals surface area (Å²) >= 11 is 0. The van der Waals surface area contributed by atoms with Crippen molar-refractivity contribution in [1.82, 2.24) is 35.5 Å². The van der Waals surface area contributed by atoms with Crippen molar-refractivity contribution in [3.05, 3.63) is 41.1 Å². The fourth-order valence-corrected chi connectivity index (χ4v) is 5.72. The summed E-state index contributed by atoms with van der Waals surface area (Å²) in [5.74, 6) is -1.04. The molecule has 2 aliphatic rings. The minimum absolute atomic E-state index is 0.121. The molecule has 5 rings (SSSR count). The highest BCUT2D eigenvalue weighted by atomic mass is 16.6. The van der Waals surface area contributed by atoms with Gasteiger partial charge < -0.3 is 15.4 Å². The number of piperidine rings is 1. The number of imidazole rings is 1. The molecule has 202 valence electrons. The first-order valence-electron chi connectivity index (χ1n) is 13.2. The third-order valence-corrected chi connectivity index (χ3v) is 7.80. The van der Waals surface area contributed by atoms with Gasteiger partial charge in [0.15, 0.2) is 16.8 Å². The number of methoxy groups -OCH3 is 1. The molecule has 3 aromatic rings. The summed E-state index contributed by atoms with van der Waals surface area (Å²) < 4.78 is 11.4. The quantitative estimate of drug-likeness (QED) is 0.270. The van der Waals surface area contributed by atoms with Crippen molar-refractivity contribution in [3.8, 4) is 0 Å². The molecule has 0 bridgehead atoms. The number of hydrogen-bond acceptors (Lipinski definition) is 9. The standard InChI is InChI=1S/C26H33N7O5/c1-16-21(32-38-31-16)23(34)29-22(17-8-5-3-4-6-9-17)19-15-33-20(28-19)11-10-18(30-33)14-26(25(36)37-2)12-7-13-27-24(26)35/h10-11,15,17,22H,3-9,12-14H2,1-2H3,(H,27,35)(H,29,34)/t22-,26-/m0/s1. The van der Waals surface area contributed by atoms with E-state index in [4.69, 9.17) is 19.4 Å². The Hall–Kier alpha value is -3.83. The Kier molecular flexibility index (Phi) is 7.39. The number of ether oxygens (including phenoxy) is 1. The summed E-state index contributed by atoms with van der Waals surface area (Å²) in [5.41, 5.74) is 1.15. The highest BCUT2D eigenvalue weighted by molar-refractivity contribution is 6.03. The van der Waals surface area contributed by atoms with Gasteiger partial charge in [0.2, 0.25) is 5.91 Å². The fourth-order valence-electron chi connectivity index (χ4n) is 5.72. The van der Waals surface area contributed by atoms with E-state index in [0.29, 0.717) is 42.1 Å². The summed E-state index contributed by atoms with van der Waals surface area (Å²) in [4.78, 5) is 43.4. The van der Waals surface area contributed by atoms with Gasteiger partial charge in [0.05, 0.1) is 30.7 Å². The van der Waals surface area contributed by atoms with Crippen LogP contribution in [0, 0.1) is 18.3 Å². The zero-order valence-electron chi connectivity index (χ0n) is 21.7. The third-order valence-electron chi connectivity index (χ3n) is 7.80. The molecular weight excluding hydrogens is 490 g/mol. The van der Waals surface area contributed by atoms with Gasteiger partial charge in [0.25, 0.3) is 5.91 Å². The van der Waals surface area contributed by atoms with E-state index in [1.807, 2.05) is 12.3 Å². The van der Waals surface area contributed by atoms with Gasteiger partial charge in [-0.05, 0) is 55.8 Å². The van der Waals surface area contributed by atoms with Gasteiger partial charge >= 0.3 is 5.97 Å². The number of esters is 1. The molecule has 1 aliphatic heterocycles. The van der Waals surface area contributed by atoms with Crippen LogP contribution in [0.25, 0.3) is 5.65 Å². The molecule has 3 aromatic heterocycles. The van der Waals surface area contributed by atoms with Crippen molar-refractivity contribution < 1.29 is 23.7 Å². The van der Waals surface area contributed by atoms with Crippen LogP contribution in [-0.4, -0.2) is 56.3 Å². The Morgan fingerprint density at radius 2 is 2.00 bits per heavy atom. The maximum atomic E-state index is 13.1. The van der Waals surface area contributed by atoms with Crippen LogP contribution in [0.2, 0.25) is 0 Å². The van der Waals surface area contributed by atoms with E-state index in [9.17, 15) is 14.4 Å². The van der Waals surface area contributed by atoms with Gasteiger partial charge in [-0.15, -0.1) is 0 Å². The summed E-state index contributed by atoms with van der Waals surface area (Å²) in [5, 5.41) is 18.1. The van der Waals surface area contributed by atoms with Crippen LogP contribution in [0.5, 0.6) is 0 Å². The predicted octanol–water partition coefficient (Wildman–Crippen LogP) is 2.47. The molecule has 0 spiro atoms. The molecule has 1 aliphatic carbocycles. The number of aromatic nitrogens is 5. The van der Waals surface area contributed by atoms with E-state index in [1.54, 1.807) is 17.5 Å². The summed E-state index contributed by atoms with van der Waals surface area (Å²) in [6.45, 7) is 2.21. The van der Waals surface area contributed by atoms with Crippen molar-refractivity contribution in [2.75, 3.05) is 13.7 Å². The van der Waals surface area contributed by atoms with Crippen LogP contribution < -0.4 is 10.6 Å². The van der Waals surface area contributed by atoms with Crippen LogP contribution in [0.4, 0.5) is 0 Å². The molecule has 12 heteroatoms. The Bertz CT molecular complexity index is 1320. The SMILES string of the molecule is COC(=O)[C@]1(Cc2ccc3nc([C@@H](NC(=O)c4nonc4C)C4CCCCCC4)cn3n2)CCCNC1=O. The molecule has 1 saturated carbocycles. The highest BCUT2D eigenvalue weighted by Crippen LogP contribution is 2.35. The molecule has 38 heavy (non-hydrogen) atoms. The van der Waals surface area contributed by atoms with Gasteiger partial charge in [0.1, 0.15) is 5.69 Å². The minimum Gasteiger partial charge on any atom is -0.468 e. The second kappa shape index (κ2) is 10.9. The first-order valence-corrected chi connectivity index (χ1v) is 13.2. The van der Waals surface area contributed by atoms with Crippen molar-refractivity contribution in [1.29, 1.82) is 0 Å². The largest absolute Gasteiger partial charge is 0.468 e. The maximum absolute atomic E-state index is 13.1. The Morgan fingerprint density at radius 3 is 2.68 bits per heavy atom. The number of hydrogen-bond donors (Lipinski definition) is 2. The molecule has 0 unspecified atom stereocenters. The molecular formula is C26H33N7O5. The van der Waals surface area contributed by atoms with Crippen molar-refractivity contribution in [2.45, 2.75) is 70.8 Å². The summed E-state index contributed by atoms with van der Waals surface area (Å²) in [6, 6.07) is 3.25. The number of nitrogens with one attached hydrogen (secondary N) is 2. The third kappa shape index (κ3) is 4.99. The number of carbonyl (C=O) groups excluding carboxylic acids is 3. The Balaban J connectivity index is 1.46. The second-order valence-corrected chi connectivity index (χ2v) is 10.3. The Labute approximate surface area is 219 Å². The van der Waals surface area contributed by atoms with Gasteiger partial charge in [-0.25, -0.2) is 14.1 Å². The predicted molar refractivity (Wildman–Crippen MR) is 134 cm³/mol. The lowest BCUT2D eigenvalue weighted by Gasteiger charge is -2.33. The molecule has 12 nitrogen and oxygen atoms in total. The second-order valence-electron chi connectivity index (χ2n) is 10.3. The lowest BCUT2D eigenvalue weighted by atomic mass is 9.76. The fraction of sp³-hybridized carbons (Fsp3) is 0.577. The number of carbonyl (C=O) groups is 3. The minimum atomic E-state index is -1.31. The number of rotatable bonds is 7. The molecule has 2 amide bonds. The van der Waals surface area contributed by atoms with E-state index < -0.39 is 11.4 Å². The number of amides is 2. The molecule has 2 N–H and O–H groups in total. The smallest absolute Gasteiger partial charge is 0.321 e. The van der Waals surface area contributed by atoms with Crippen LogP contribution in [0.15, 0.2) is 23.0 Å². The topological polar surface area (TPSA) is 154 Å². The monoisotopic (exact) mass is 523 g/mol. The Morgan fingerprint density at radius 1 is 1.21 bits per heavy atom. The van der Waals surface area contributed by atoms with Crippen LogP contribution in [0.1, 0.15) is 85.0 Å². The molecule has 0 aromatic carbocycles.